The number of carbonyl (C=O) groups is 1. The molecule has 3 N–H and O–H groups in total. The van der Waals surface area contributed by atoms with Crippen LogP contribution in [0.1, 0.15) is 26.7 Å². The lowest BCUT2D eigenvalue weighted by molar-refractivity contribution is -0.123. The number of carbonyl (C=O) groups excluding carboxylic acids is 1. The second-order valence-corrected chi connectivity index (χ2v) is 3.95. The summed E-state index contributed by atoms with van der Waals surface area (Å²) in [4.78, 5) is 13.4. The van der Waals surface area contributed by atoms with Gasteiger partial charge in [-0.2, -0.15) is 0 Å². The van der Waals surface area contributed by atoms with E-state index in [0.29, 0.717) is 0 Å². The van der Waals surface area contributed by atoms with Crippen LogP contribution in [0.25, 0.3) is 0 Å². The van der Waals surface area contributed by atoms with Gasteiger partial charge >= 0.3 is 0 Å². The molecule has 0 fully saturated rings. The second-order valence-electron chi connectivity index (χ2n) is 3.95. The van der Waals surface area contributed by atoms with Crippen molar-refractivity contribution in [3.8, 4) is 0 Å². The SMILES string of the molecule is CCN(C)CCCC(C)(NC)C(N)=O. The van der Waals surface area contributed by atoms with Crippen LogP contribution in [0.5, 0.6) is 0 Å². The van der Waals surface area contributed by atoms with Gasteiger partial charge in [-0.05, 0) is 47.0 Å². The van der Waals surface area contributed by atoms with E-state index in [2.05, 4.69) is 24.2 Å². The Kier molecular flexibility index (Phi) is 5.72. The van der Waals surface area contributed by atoms with Gasteiger partial charge in [0.15, 0.2) is 0 Å². The number of likely N-dealkylation sites (N-methyl/N-ethyl adjacent to an activating group) is 1. The molecule has 0 spiro atoms. The highest BCUT2D eigenvalue weighted by Gasteiger charge is 2.27. The minimum absolute atomic E-state index is 0.279. The molecule has 0 aliphatic rings. The summed E-state index contributed by atoms with van der Waals surface area (Å²) in [7, 11) is 3.84. The molecular formula is C10H23N3O. The van der Waals surface area contributed by atoms with Crippen molar-refractivity contribution in [2.24, 2.45) is 5.73 Å². The normalized spacial score (nSPS) is 15.5. The van der Waals surface area contributed by atoms with Gasteiger partial charge in [-0.3, -0.25) is 4.79 Å². The molecule has 0 bridgehead atoms. The molecule has 14 heavy (non-hydrogen) atoms. The van der Waals surface area contributed by atoms with E-state index < -0.39 is 5.54 Å². The van der Waals surface area contributed by atoms with Gasteiger partial charge in [-0.25, -0.2) is 0 Å². The van der Waals surface area contributed by atoms with E-state index in [1.165, 1.54) is 0 Å². The zero-order chi connectivity index (χ0) is 11.2. The van der Waals surface area contributed by atoms with Crippen molar-refractivity contribution in [2.75, 3.05) is 27.2 Å². The predicted octanol–water partition coefficient (Wildman–Crippen LogP) is 0.182. The van der Waals surface area contributed by atoms with Crippen LogP contribution in [-0.2, 0) is 4.79 Å². The molecule has 0 heterocycles. The van der Waals surface area contributed by atoms with Gasteiger partial charge in [0.1, 0.15) is 0 Å². The first kappa shape index (κ1) is 13.4. The van der Waals surface area contributed by atoms with E-state index in [4.69, 9.17) is 5.73 Å². The molecule has 0 aliphatic heterocycles. The monoisotopic (exact) mass is 201 g/mol. The van der Waals surface area contributed by atoms with Crippen molar-refractivity contribution in [3.05, 3.63) is 0 Å². The van der Waals surface area contributed by atoms with E-state index in [-0.39, 0.29) is 5.91 Å². The molecule has 0 aliphatic carbocycles. The van der Waals surface area contributed by atoms with Crippen molar-refractivity contribution in [1.82, 2.24) is 10.2 Å². The summed E-state index contributed by atoms with van der Waals surface area (Å²) in [5.74, 6) is -0.279. The Balaban J connectivity index is 3.90. The predicted molar refractivity (Wildman–Crippen MR) is 59.1 cm³/mol. The maximum absolute atomic E-state index is 11.1. The minimum Gasteiger partial charge on any atom is -0.368 e. The van der Waals surface area contributed by atoms with Gasteiger partial charge in [-0.1, -0.05) is 6.92 Å². The summed E-state index contributed by atoms with van der Waals surface area (Å²) >= 11 is 0. The summed E-state index contributed by atoms with van der Waals surface area (Å²) in [5.41, 5.74) is 4.75. The number of nitrogens with one attached hydrogen (secondary N) is 1. The van der Waals surface area contributed by atoms with E-state index in [1.54, 1.807) is 7.05 Å². The summed E-state index contributed by atoms with van der Waals surface area (Å²) in [5, 5.41) is 2.98. The molecule has 0 saturated heterocycles. The topological polar surface area (TPSA) is 58.4 Å². The lowest BCUT2D eigenvalue weighted by Gasteiger charge is -2.26. The maximum Gasteiger partial charge on any atom is 0.237 e. The van der Waals surface area contributed by atoms with E-state index in [0.717, 1.165) is 25.9 Å². The number of rotatable bonds is 7. The van der Waals surface area contributed by atoms with Crippen LogP contribution in [0.2, 0.25) is 0 Å². The molecule has 0 radical (unpaired) electrons. The number of nitrogens with zero attached hydrogens (tertiary/aromatic N) is 1. The highest BCUT2D eigenvalue weighted by atomic mass is 16.1. The van der Waals surface area contributed by atoms with E-state index in [9.17, 15) is 4.79 Å². The van der Waals surface area contributed by atoms with Crippen molar-refractivity contribution >= 4 is 5.91 Å². The van der Waals surface area contributed by atoms with Crippen LogP contribution in [0.15, 0.2) is 0 Å². The lowest BCUT2D eigenvalue weighted by Crippen LogP contribution is -2.51. The van der Waals surface area contributed by atoms with Crippen LogP contribution in [0.3, 0.4) is 0 Å². The first-order valence-electron chi connectivity index (χ1n) is 5.13. The first-order valence-corrected chi connectivity index (χ1v) is 5.13. The quantitative estimate of drug-likeness (QED) is 0.618. The van der Waals surface area contributed by atoms with Crippen LogP contribution in [-0.4, -0.2) is 43.5 Å². The molecule has 84 valence electrons. The van der Waals surface area contributed by atoms with Crippen LogP contribution < -0.4 is 11.1 Å². The molecule has 0 aromatic carbocycles. The van der Waals surface area contributed by atoms with Crippen molar-refractivity contribution in [2.45, 2.75) is 32.2 Å². The molecule has 0 rings (SSSR count). The summed E-state index contributed by atoms with van der Waals surface area (Å²) in [6, 6.07) is 0. The average Bonchev–Trinajstić information content (AvgIpc) is 2.16. The minimum atomic E-state index is -0.561. The van der Waals surface area contributed by atoms with E-state index in [1.807, 2.05) is 6.92 Å². The Morgan fingerprint density at radius 1 is 1.57 bits per heavy atom. The summed E-state index contributed by atoms with van der Waals surface area (Å²) < 4.78 is 0. The zero-order valence-corrected chi connectivity index (χ0v) is 9.76. The number of hydrogen-bond acceptors (Lipinski definition) is 3. The Hall–Kier alpha value is -0.610. The molecule has 1 unspecified atom stereocenters. The third kappa shape index (κ3) is 4.07. The summed E-state index contributed by atoms with van der Waals surface area (Å²) in [6.45, 7) is 6.00. The largest absolute Gasteiger partial charge is 0.368 e. The molecular weight excluding hydrogens is 178 g/mol. The Bertz CT molecular complexity index is 184. The fraction of sp³-hybridized carbons (Fsp3) is 0.900. The standard InChI is InChI=1S/C10H23N3O/c1-5-13(4)8-6-7-10(2,12-3)9(11)14/h12H,5-8H2,1-4H3,(H2,11,14). The number of amides is 1. The van der Waals surface area contributed by atoms with Crippen LogP contribution >= 0.6 is 0 Å². The van der Waals surface area contributed by atoms with Gasteiger partial charge in [0.2, 0.25) is 5.91 Å². The summed E-state index contributed by atoms with van der Waals surface area (Å²) in [6.07, 6.45) is 1.76. The average molecular weight is 201 g/mol. The van der Waals surface area contributed by atoms with Gasteiger partial charge in [-0.15, -0.1) is 0 Å². The third-order valence-electron chi connectivity index (χ3n) is 2.85. The maximum atomic E-state index is 11.1. The Morgan fingerprint density at radius 3 is 2.50 bits per heavy atom. The number of primary amides is 1. The smallest absolute Gasteiger partial charge is 0.237 e. The van der Waals surface area contributed by atoms with Crippen molar-refractivity contribution in [1.29, 1.82) is 0 Å². The Morgan fingerprint density at radius 2 is 2.14 bits per heavy atom. The molecule has 1 atom stereocenters. The van der Waals surface area contributed by atoms with Crippen molar-refractivity contribution < 1.29 is 4.79 Å². The molecule has 1 amide bonds. The molecule has 0 aromatic heterocycles. The highest BCUT2D eigenvalue weighted by Crippen LogP contribution is 2.11. The zero-order valence-electron chi connectivity index (χ0n) is 9.76. The first-order chi connectivity index (χ1) is 6.46. The highest BCUT2D eigenvalue weighted by molar-refractivity contribution is 5.84. The molecule has 4 heteroatoms. The lowest BCUT2D eigenvalue weighted by atomic mass is 9.95. The number of nitrogens with two attached hydrogens (primary N) is 1. The van der Waals surface area contributed by atoms with Crippen molar-refractivity contribution in [3.63, 3.8) is 0 Å². The second kappa shape index (κ2) is 5.98. The molecule has 4 nitrogen and oxygen atoms in total. The van der Waals surface area contributed by atoms with Gasteiger partial charge in [0, 0.05) is 0 Å². The fourth-order valence-electron chi connectivity index (χ4n) is 1.23. The van der Waals surface area contributed by atoms with Gasteiger partial charge in [0.05, 0.1) is 5.54 Å². The van der Waals surface area contributed by atoms with E-state index >= 15 is 0 Å². The van der Waals surface area contributed by atoms with Gasteiger partial charge < -0.3 is 16.0 Å². The third-order valence-corrected chi connectivity index (χ3v) is 2.85. The van der Waals surface area contributed by atoms with Crippen LogP contribution in [0.4, 0.5) is 0 Å². The van der Waals surface area contributed by atoms with Crippen LogP contribution in [0, 0.1) is 0 Å². The molecule has 0 aromatic rings. The van der Waals surface area contributed by atoms with Gasteiger partial charge in [0.25, 0.3) is 0 Å². The fourth-order valence-corrected chi connectivity index (χ4v) is 1.23. The Labute approximate surface area is 86.8 Å². The number of hydrogen-bond donors (Lipinski definition) is 2. The molecule has 0 saturated carbocycles.